The van der Waals surface area contributed by atoms with Crippen LogP contribution in [0, 0.1) is 5.92 Å². The van der Waals surface area contributed by atoms with E-state index in [0.29, 0.717) is 11.8 Å². The molecule has 0 aliphatic carbocycles. The van der Waals surface area contributed by atoms with E-state index < -0.39 is 0 Å². The molecule has 1 aromatic heterocycles. The molecule has 1 aliphatic rings. The van der Waals surface area contributed by atoms with E-state index in [0.717, 1.165) is 24.7 Å². The van der Waals surface area contributed by atoms with Gasteiger partial charge in [-0.1, -0.05) is 19.8 Å². The summed E-state index contributed by atoms with van der Waals surface area (Å²) in [7, 11) is 1.69. The van der Waals surface area contributed by atoms with Crippen molar-refractivity contribution in [1.29, 1.82) is 0 Å². The molecule has 1 fully saturated rings. The van der Waals surface area contributed by atoms with Crippen LogP contribution in [0.5, 0.6) is 11.5 Å². The lowest BCUT2D eigenvalue weighted by Gasteiger charge is -2.38. The topological polar surface area (TPSA) is 21.7 Å². The fraction of sp³-hybridized carbons (Fsp3) is 0.545. The highest BCUT2D eigenvalue weighted by molar-refractivity contribution is 7.07. The van der Waals surface area contributed by atoms with Gasteiger partial charge in [-0.2, -0.15) is 11.3 Å². The van der Waals surface area contributed by atoms with Crippen LogP contribution in [0.15, 0.2) is 41.1 Å². The van der Waals surface area contributed by atoms with Crippen LogP contribution in [0.2, 0.25) is 0 Å². The maximum atomic E-state index is 6.17. The number of likely N-dealkylation sites (tertiary alicyclic amines) is 1. The van der Waals surface area contributed by atoms with Gasteiger partial charge in [0.15, 0.2) is 0 Å². The van der Waals surface area contributed by atoms with Gasteiger partial charge in [-0.3, -0.25) is 0 Å². The molecule has 142 valence electrons. The summed E-state index contributed by atoms with van der Waals surface area (Å²) in [6.07, 6.45) is 5.16. The maximum Gasteiger partial charge on any atom is 0.119 e. The minimum absolute atomic E-state index is 0.544. The molecule has 1 aromatic carbocycles. The van der Waals surface area contributed by atoms with Gasteiger partial charge >= 0.3 is 0 Å². The molecule has 2 atom stereocenters. The molecule has 0 N–H and O–H groups in total. The number of unbranched alkanes of at least 4 members (excludes halogenated alkanes) is 2. The quantitative estimate of drug-likeness (QED) is 0.547. The highest BCUT2D eigenvalue weighted by Gasteiger charge is 2.31. The number of methoxy groups -OCH3 is 1. The summed E-state index contributed by atoms with van der Waals surface area (Å²) >= 11 is 1.80. The third kappa shape index (κ3) is 5.24. The van der Waals surface area contributed by atoms with Crippen molar-refractivity contribution in [3.05, 3.63) is 46.7 Å². The highest BCUT2D eigenvalue weighted by atomic mass is 32.1. The first-order valence-electron chi connectivity index (χ1n) is 9.81. The summed E-state index contributed by atoms with van der Waals surface area (Å²) in [5.41, 5.74) is 1.49. The number of piperidine rings is 1. The van der Waals surface area contributed by atoms with Crippen molar-refractivity contribution in [2.45, 2.75) is 38.5 Å². The number of benzene rings is 1. The van der Waals surface area contributed by atoms with Crippen molar-refractivity contribution in [3.63, 3.8) is 0 Å². The third-order valence-corrected chi connectivity index (χ3v) is 6.09. The summed E-state index contributed by atoms with van der Waals surface area (Å²) in [4.78, 5) is 2.64. The summed E-state index contributed by atoms with van der Waals surface area (Å²) in [6, 6.07) is 10.2. The molecular formula is C22H31NO2S. The predicted molar refractivity (Wildman–Crippen MR) is 110 cm³/mol. The van der Waals surface area contributed by atoms with Crippen LogP contribution in [0.25, 0.3) is 0 Å². The van der Waals surface area contributed by atoms with Crippen molar-refractivity contribution >= 4 is 11.3 Å². The Labute approximate surface area is 161 Å². The van der Waals surface area contributed by atoms with Crippen LogP contribution in [-0.2, 0) is 0 Å². The van der Waals surface area contributed by atoms with Gasteiger partial charge in [0.2, 0.25) is 0 Å². The molecular weight excluding hydrogens is 342 g/mol. The predicted octanol–water partition coefficient (Wildman–Crippen LogP) is 5.43. The van der Waals surface area contributed by atoms with Gasteiger partial charge in [-0.25, -0.2) is 0 Å². The van der Waals surface area contributed by atoms with Crippen LogP contribution in [0.1, 0.15) is 44.1 Å². The number of rotatable bonds is 9. The van der Waals surface area contributed by atoms with Gasteiger partial charge in [-0.05, 0) is 78.5 Å². The van der Waals surface area contributed by atoms with Crippen LogP contribution in [-0.4, -0.2) is 38.3 Å². The lowest BCUT2D eigenvalue weighted by Crippen LogP contribution is -2.42. The first-order valence-corrected chi connectivity index (χ1v) is 10.8. The number of hydrogen-bond donors (Lipinski definition) is 0. The first-order chi connectivity index (χ1) is 12.8. The lowest BCUT2D eigenvalue weighted by atomic mass is 9.82. The minimum Gasteiger partial charge on any atom is -0.497 e. The molecule has 1 aliphatic heterocycles. The fourth-order valence-electron chi connectivity index (χ4n) is 3.86. The van der Waals surface area contributed by atoms with Crippen LogP contribution >= 0.6 is 11.3 Å². The Hall–Kier alpha value is -1.52. The minimum atomic E-state index is 0.544. The maximum absolute atomic E-state index is 6.17. The van der Waals surface area contributed by atoms with Crippen molar-refractivity contribution in [2.24, 2.45) is 5.92 Å². The molecule has 3 rings (SSSR count). The fourth-order valence-corrected chi connectivity index (χ4v) is 4.59. The van der Waals surface area contributed by atoms with E-state index in [-0.39, 0.29) is 0 Å². The molecule has 0 saturated carbocycles. The van der Waals surface area contributed by atoms with Crippen molar-refractivity contribution in [3.8, 4) is 11.5 Å². The SMILES string of the molecule is CCCCCN1CCC(c2ccsc2)C(COc2ccc(OC)cc2)C1. The second-order valence-electron chi connectivity index (χ2n) is 7.21. The Morgan fingerprint density at radius 1 is 1.12 bits per heavy atom. The molecule has 0 spiro atoms. The number of thiophene rings is 1. The molecule has 0 radical (unpaired) electrons. The molecule has 26 heavy (non-hydrogen) atoms. The Bertz CT molecular complexity index is 626. The summed E-state index contributed by atoms with van der Waals surface area (Å²) in [6.45, 7) is 6.62. The molecule has 1 saturated heterocycles. The summed E-state index contributed by atoms with van der Waals surface area (Å²) < 4.78 is 11.4. The smallest absolute Gasteiger partial charge is 0.119 e. The normalized spacial score (nSPS) is 20.8. The number of hydrogen-bond acceptors (Lipinski definition) is 4. The Kier molecular flexibility index (Phi) is 7.39. The van der Waals surface area contributed by atoms with E-state index in [4.69, 9.17) is 9.47 Å². The monoisotopic (exact) mass is 373 g/mol. The zero-order chi connectivity index (χ0) is 18.2. The highest BCUT2D eigenvalue weighted by Crippen LogP contribution is 2.35. The zero-order valence-electron chi connectivity index (χ0n) is 16.0. The largest absolute Gasteiger partial charge is 0.497 e. The molecule has 2 aromatic rings. The van der Waals surface area contributed by atoms with E-state index in [9.17, 15) is 0 Å². The van der Waals surface area contributed by atoms with Gasteiger partial charge in [0.1, 0.15) is 11.5 Å². The van der Waals surface area contributed by atoms with E-state index in [1.54, 1.807) is 18.4 Å². The van der Waals surface area contributed by atoms with E-state index >= 15 is 0 Å². The van der Waals surface area contributed by atoms with Gasteiger partial charge in [0.05, 0.1) is 13.7 Å². The third-order valence-electron chi connectivity index (χ3n) is 5.39. The van der Waals surface area contributed by atoms with Crippen molar-refractivity contribution in [2.75, 3.05) is 33.4 Å². The van der Waals surface area contributed by atoms with E-state index in [2.05, 4.69) is 28.7 Å². The molecule has 2 heterocycles. The first kappa shape index (κ1) is 19.2. The van der Waals surface area contributed by atoms with Crippen LogP contribution in [0.3, 0.4) is 0 Å². The van der Waals surface area contributed by atoms with Gasteiger partial charge in [0, 0.05) is 12.5 Å². The van der Waals surface area contributed by atoms with Crippen LogP contribution < -0.4 is 9.47 Å². The summed E-state index contributed by atoms with van der Waals surface area (Å²) in [5, 5.41) is 4.52. The van der Waals surface area contributed by atoms with E-state index in [1.807, 2.05) is 24.3 Å². The molecule has 2 unspecified atom stereocenters. The molecule has 0 amide bonds. The van der Waals surface area contributed by atoms with Gasteiger partial charge in [-0.15, -0.1) is 0 Å². The van der Waals surface area contributed by atoms with Crippen molar-refractivity contribution < 1.29 is 9.47 Å². The second-order valence-corrected chi connectivity index (χ2v) is 7.99. The van der Waals surface area contributed by atoms with E-state index in [1.165, 1.54) is 44.3 Å². The number of ether oxygens (including phenoxy) is 2. The van der Waals surface area contributed by atoms with Gasteiger partial charge in [0.25, 0.3) is 0 Å². The Balaban J connectivity index is 1.61. The molecule has 3 nitrogen and oxygen atoms in total. The van der Waals surface area contributed by atoms with Gasteiger partial charge < -0.3 is 14.4 Å². The average Bonchev–Trinajstić information content (AvgIpc) is 3.21. The zero-order valence-corrected chi connectivity index (χ0v) is 16.8. The second kappa shape index (κ2) is 9.98. The summed E-state index contributed by atoms with van der Waals surface area (Å²) in [5.74, 6) is 2.95. The number of nitrogens with zero attached hydrogens (tertiary/aromatic N) is 1. The lowest BCUT2D eigenvalue weighted by molar-refractivity contribution is 0.110. The van der Waals surface area contributed by atoms with Crippen molar-refractivity contribution in [1.82, 2.24) is 4.90 Å². The van der Waals surface area contributed by atoms with Crippen LogP contribution in [0.4, 0.5) is 0 Å². The molecule has 4 heteroatoms. The standard InChI is InChI=1S/C22H31NO2S/c1-3-4-5-12-23-13-10-22(18-11-14-26-17-18)19(15-23)16-25-21-8-6-20(24-2)7-9-21/h6-9,11,14,17,19,22H,3-5,10,12-13,15-16H2,1-2H3. The average molecular weight is 374 g/mol. The molecule has 0 bridgehead atoms. The Morgan fingerprint density at radius 2 is 1.92 bits per heavy atom. The Morgan fingerprint density at radius 3 is 2.62 bits per heavy atom.